The number of anilines is 1. The summed E-state index contributed by atoms with van der Waals surface area (Å²) in [5.74, 6) is 1.39. The normalized spacial score (nSPS) is 10.8. The van der Waals surface area contributed by atoms with Gasteiger partial charge in [-0.2, -0.15) is 5.10 Å². The molecule has 0 radical (unpaired) electrons. The topological polar surface area (TPSA) is 53.9 Å². The Kier molecular flexibility index (Phi) is 3.48. The van der Waals surface area contributed by atoms with E-state index in [1.165, 1.54) is 12.1 Å². The van der Waals surface area contributed by atoms with Crippen molar-refractivity contribution in [1.29, 1.82) is 0 Å². The van der Waals surface area contributed by atoms with Crippen LogP contribution in [0.5, 0.6) is 0 Å². The van der Waals surface area contributed by atoms with Crippen LogP contribution in [0.25, 0.3) is 11.5 Å². The highest BCUT2D eigenvalue weighted by Gasteiger charge is 2.11. The summed E-state index contributed by atoms with van der Waals surface area (Å²) in [7, 11) is 0. The minimum atomic E-state index is -0.229. The van der Waals surface area contributed by atoms with Gasteiger partial charge in [-0.1, -0.05) is 0 Å². The number of aromatic amines is 1. The molecule has 2 heterocycles. The van der Waals surface area contributed by atoms with Crippen LogP contribution in [-0.4, -0.2) is 10.2 Å². The molecule has 0 unspecified atom stereocenters. The van der Waals surface area contributed by atoms with E-state index in [2.05, 4.69) is 15.5 Å². The highest BCUT2D eigenvalue weighted by Crippen LogP contribution is 2.24. The monoisotopic (exact) mass is 285 g/mol. The molecule has 0 saturated heterocycles. The summed E-state index contributed by atoms with van der Waals surface area (Å²) in [5.41, 5.74) is 3.62. The Morgan fingerprint density at radius 3 is 2.81 bits per heavy atom. The molecule has 4 nitrogen and oxygen atoms in total. The van der Waals surface area contributed by atoms with E-state index in [-0.39, 0.29) is 5.82 Å². The van der Waals surface area contributed by atoms with Crippen molar-refractivity contribution in [3.05, 3.63) is 59.2 Å². The van der Waals surface area contributed by atoms with E-state index in [4.69, 9.17) is 4.42 Å². The predicted octanol–water partition coefficient (Wildman–Crippen LogP) is 4.04. The standard InChI is InChI=1S/C16H16FN3O/c1-10-7-13(17)4-5-14(10)18-8-12-9-19-20-16(12)15-6-3-11(2)21-15/h3-7,9,18H,8H2,1-2H3,(H,19,20). The minimum absolute atomic E-state index is 0.229. The molecule has 0 fully saturated rings. The number of hydrogen-bond donors (Lipinski definition) is 2. The third-order valence-corrected chi connectivity index (χ3v) is 3.36. The number of nitrogens with zero attached hydrogens (tertiary/aromatic N) is 1. The average Bonchev–Trinajstić information content (AvgIpc) is 3.06. The van der Waals surface area contributed by atoms with Gasteiger partial charge >= 0.3 is 0 Å². The van der Waals surface area contributed by atoms with Gasteiger partial charge in [-0.15, -0.1) is 0 Å². The van der Waals surface area contributed by atoms with Gasteiger partial charge in [0.05, 0.1) is 6.20 Å². The molecule has 108 valence electrons. The lowest BCUT2D eigenvalue weighted by Gasteiger charge is -2.09. The van der Waals surface area contributed by atoms with E-state index < -0.39 is 0 Å². The quantitative estimate of drug-likeness (QED) is 0.760. The molecule has 0 spiro atoms. The van der Waals surface area contributed by atoms with Crippen LogP contribution in [-0.2, 0) is 6.54 Å². The number of furan rings is 1. The van der Waals surface area contributed by atoms with Gasteiger partial charge in [-0.25, -0.2) is 4.39 Å². The number of nitrogens with one attached hydrogen (secondary N) is 2. The van der Waals surface area contributed by atoms with E-state index in [0.717, 1.165) is 34.0 Å². The predicted molar refractivity (Wildman–Crippen MR) is 79.5 cm³/mol. The summed E-state index contributed by atoms with van der Waals surface area (Å²) in [6.07, 6.45) is 1.76. The number of halogens is 1. The fourth-order valence-electron chi connectivity index (χ4n) is 2.24. The van der Waals surface area contributed by atoms with Gasteiger partial charge in [0.25, 0.3) is 0 Å². The first-order chi connectivity index (χ1) is 10.1. The second-order valence-corrected chi connectivity index (χ2v) is 4.99. The first kappa shape index (κ1) is 13.4. The second kappa shape index (κ2) is 5.44. The molecule has 3 rings (SSSR count). The number of H-pyrrole nitrogens is 1. The highest BCUT2D eigenvalue weighted by atomic mass is 19.1. The van der Waals surface area contributed by atoms with Crippen molar-refractivity contribution in [2.75, 3.05) is 5.32 Å². The Hall–Kier alpha value is -2.56. The van der Waals surface area contributed by atoms with Crippen molar-refractivity contribution < 1.29 is 8.81 Å². The Morgan fingerprint density at radius 1 is 1.24 bits per heavy atom. The van der Waals surface area contributed by atoms with Crippen molar-refractivity contribution in [3.63, 3.8) is 0 Å². The van der Waals surface area contributed by atoms with E-state index in [1.807, 2.05) is 26.0 Å². The maximum Gasteiger partial charge on any atom is 0.152 e. The average molecular weight is 285 g/mol. The van der Waals surface area contributed by atoms with Gasteiger partial charge in [0, 0.05) is 17.8 Å². The molecule has 2 aromatic heterocycles. The molecular formula is C16H16FN3O. The third kappa shape index (κ3) is 2.81. The molecule has 1 aromatic carbocycles. The van der Waals surface area contributed by atoms with Crippen molar-refractivity contribution >= 4 is 5.69 Å². The first-order valence-electron chi connectivity index (χ1n) is 6.72. The number of aromatic nitrogens is 2. The lowest BCUT2D eigenvalue weighted by Crippen LogP contribution is -2.01. The van der Waals surface area contributed by atoms with Crippen LogP contribution in [0.15, 0.2) is 40.9 Å². The molecular weight excluding hydrogens is 269 g/mol. The number of aryl methyl sites for hydroxylation is 2. The van der Waals surface area contributed by atoms with Crippen LogP contribution in [0.2, 0.25) is 0 Å². The Bertz CT molecular complexity index is 760. The summed E-state index contributed by atoms with van der Waals surface area (Å²) in [5, 5.41) is 10.3. The van der Waals surface area contributed by atoms with Crippen molar-refractivity contribution in [3.8, 4) is 11.5 Å². The van der Waals surface area contributed by atoms with Crippen LogP contribution in [0.4, 0.5) is 10.1 Å². The van der Waals surface area contributed by atoms with Gasteiger partial charge in [0.2, 0.25) is 0 Å². The molecule has 0 atom stereocenters. The largest absolute Gasteiger partial charge is 0.460 e. The molecule has 5 heteroatoms. The van der Waals surface area contributed by atoms with Gasteiger partial charge in [0.15, 0.2) is 5.76 Å². The molecule has 0 aliphatic heterocycles. The smallest absolute Gasteiger partial charge is 0.152 e. The lowest BCUT2D eigenvalue weighted by atomic mass is 10.1. The zero-order chi connectivity index (χ0) is 14.8. The fourth-order valence-corrected chi connectivity index (χ4v) is 2.24. The van der Waals surface area contributed by atoms with Crippen LogP contribution < -0.4 is 5.32 Å². The molecule has 3 aromatic rings. The fraction of sp³-hybridized carbons (Fsp3) is 0.188. The summed E-state index contributed by atoms with van der Waals surface area (Å²) in [6.45, 7) is 4.36. The zero-order valence-electron chi connectivity index (χ0n) is 11.9. The van der Waals surface area contributed by atoms with Crippen molar-refractivity contribution in [2.45, 2.75) is 20.4 Å². The van der Waals surface area contributed by atoms with Crippen LogP contribution >= 0.6 is 0 Å². The molecule has 0 amide bonds. The SMILES string of the molecule is Cc1ccc(-c2[nH]ncc2CNc2ccc(F)cc2C)o1. The molecule has 0 aliphatic carbocycles. The van der Waals surface area contributed by atoms with E-state index in [0.29, 0.717) is 6.54 Å². The van der Waals surface area contributed by atoms with Crippen molar-refractivity contribution in [2.24, 2.45) is 0 Å². The maximum absolute atomic E-state index is 13.1. The number of rotatable bonds is 4. The van der Waals surface area contributed by atoms with E-state index >= 15 is 0 Å². The molecule has 0 bridgehead atoms. The Balaban J connectivity index is 1.79. The van der Waals surface area contributed by atoms with Crippen LogP contribution in [0, 0.1) is 19.7 Å². The Labute approximate surface area is 122 Å². The van der Waals surface area contributed by atoms with Gasteiger partial charge in [-0.3, -0.25) is 5.10 Å². The van der Waals surface area contributed by atoms with Gasteiger partial charge < -0.3 is 9.73 Å². The summed E-state index contributed by atoms with van der Waals surface area (Å²) in [6, 6.07) is 8.52. The number of hydrogen-bond acceptors (Lipinski definition) is 3. The van der Waals surface area contributed by atoms with Gasteiger partial charge in [-0.05, 0) is 49.7 Å². The van der Waals surface area contributed by atoms with Gasteiger partial charge in [0.1, 0.15) is 17.3 Å². The summed E-state index contributed by atoms with van der Waals surface area (Å²) in [4.78, 5) is 0. The highest BCUT2D eigenvalue weighted by molar-refractivity contribution is 5.58. The molecule has 0 aliphatic rings. The molecule has 2 N–H and O–H groups in total. The first-order valence-corrected chi connectivity index (χ1v) is 6.72. The minimum Gasteiger partial charge on any atom is -0.460 e. The van der Waals surface area contributed by atoms with Crippen LogP contribution in [0.3, 0.4) is 0 Å². The molecule has 0 saturated carbocycles. The zero-order valence-corrected chi connectivity index (χ0v) is 11.9. The lowest BCUT2D eigenvalue weighted by molar-refractivity contribution is 0.545. The summed E-state index contributed by atoms with van der Waals surface area (Å²) >= 11 is 0. The third-order valence-electron chi connectivity index (χ3n) is 3.36. The number of benzene rings is 1. The van der Waals surface area contributed by atoms with E-state index in [1.54, 1.807) is 12.3 Å². The van der Waals surface area contributed by atoms with Crippen LogP contribution in [0.1, 0.15) is 16.9 Å². The maximum atomic E-state index is 13.1. The second-order valence-electron chi connectivity index (χ2n) is 4.99. The van der Waals surface area contributed by atoms with E-state index in [9.17, 15) is 4.39 Å². The Morgan fingerprint density at radius 2 is 2.10 bits per heavy atom. The summed E-state index contributed by atoms with van der Waals surface area (Å²) < 4.78 is 18.7. The molecule has 21 heavy (non-hydrogen) atoms. The van der Waals surface area contributed by atoms with Crippen molar-refractivity contribution in [1.82, 2.24) is 10.2 Å².